The lowest BCUT2D eigenvalue weighted by Crippen LogP contribution is -2.51. The van der Waals surface area contributed by atoms with Gasteiger partial charge in [0, 0.05) is 57.4 Å². The molecule has 3 heterocycles. The van der Waals surface area contributed by atoms with Crippen molar-refractivity contribution in [2.24, 2.45) is 7.05 Å². The second kappa shape index (κ2) is 8.53. The maximum absolute atomic E-state index is 13.2. The molecular formula is C20H31N5O5. The van der Waals surface area contributed by atoms with Gasteiger partial charge in [0.1, 0.15) is 5.60 Å². The van der Waals surface area contributed by atoms with E-state index in [1.807, 2.05) is 27.8 Å². The minimum atomic E-state index is -0.580. The molecule has 1 fully saturated rings. The van der Waals surface area contributed by atoms with Gasteiger partial charge < -0.3 is 24.2 Å². The highest BCUT2D eigenvalue weighted by molar-refractivity contribution is 5.94. The number of carbonyl (C=O) groups is 3. The number of hydrogen-bond donors (Lipinski definition) is 0. The van der Waals surface area contributed by atoms with Gasteiger partial charge in [0.25, 0.3) is 5.91 Å². The number of piperazine rings is 1. The van der Waals surface area contributed by atoms with Crippen LogP contribution in [-0.4, -0.2) is 87.5 Å². The molecule has 3 amide bonds. The van der Waals surface area contributed by atoms with E-state index < -0.39 is 11.7 Å². The number of fused-ring (bicyclic) bond motifs is 1. The number of aromatic nitrogens is 2. The van der Waals surface area contributed by atoms with Crippen molar-refractivity contribution in [1.82, 2.24) is 24.5 Å². The van der Waals surface area contributed by atoms with Gasteiger partial charge in [-0.15, -0.1) is 0 Å². The van der Waals surface area contributed by atoms with Crippen LogP contribution in [0.2, 0.25) is 0 Å². The van der Waals surface area contributed by atoms with E-state index in [2.05, 4.69) is 5.10 Å². The highest BCUT2D eigenvalue weighted by atomic mass is 16.6. The third-order valence-electron chi connectivity index (χ3n) is 5.19. The van der Waals surface area contributed by atoms with Gasteiger partial charge in [-0.25, -0.2) is 9.59 Å². The van der Waals surface area contributed by atoms with E-state index in [1.54, 1.807) is 26.3 Å². The third kappa shape index (κ3) is 4.68. The monoisotopic (exact) mass is 421 g/mol. The van der Waals surface area contributed by atoms with Gasteiger partial charge in [-0.05, 0) is 27.7 Å². The van der Waals surface area contributed by atoms with E-state index in [1.165, 1.54) is 0 Å². The normalized spacial score (nSPS) is 16.9. The van der Waals surface area contributed by atoms with Crippen LogP contribution in [0.3, 0.4) is 0 Å². The predicted octanol–water partition coefficient (Wildman–Crippen LogP) is 1.63. The fraction of sp³-hybridized carbons (Fsp3) is 0.700. The first-order chi connectivity index (χ1) is 14.1. The van der Waals surface area contributed by atoms with E-state index in [4.69, 9.17) is 9.47 Å². The standard InChI is InChI=1S/C20H31N5O5/c1-6-29-18(27)24-11-9-23(10-12-24)17(26)16-14-13-25(19(28)30-20(2,3)4)8-7-15(14)22(5)21-16/h6-13H2,1-5H3. The summed E-state index contributed by atoms with van der Waals surface area (Å²) in [6.45, 7) is 10.1. The summed E-state index contributed by atoms with van der Waals surface area (Å²) in [5.41, 5.74) is 1.52. The molecule has 0 unspecified atom stereocenters. The fourth-order valence-electron chi connectivity index (χ4n) is 3.70. The molecule has 0 radical (unpaired) electrons. The molecule has 10 heteroatoms. The van der Waals surface area contributed by atoms with Crippen LogP contribution >= 0.6 is 0 Å². The van der Waals surface area contributed by atoms with Crippen molar-refractivity contribution in [1.29, 1.82) is 0 Å². The zero-order chi connectivity index (χ0) is 22.1. The zero-order valence-electron chi connectivity index (χ0n) is 18.4. The number of amides is 3. The summed E-state index contributed by atoms with van der Waals surface area (Å²) >= 11 is 0. The number of carbonyl (C=O) groups excluding carboxylic acids is 3. The van der Waals surface area contributed by atoms with Crippen LogP contribution in [0.15, 0.2) is 0 Å². The van der Waals surface area contributed by atoms with Crippen LogP contribution in [-0.2, 0) is 29.5 Å². The van der Waals surface area contributed by atoms with Crippen LogP contribution in [0, 0.1) is 0 Å². The van der Waals surface area contributed by atoms with Gasteiger partial charge in [-0.1, -0.05) is 0 Å². The summed E-state index contributed by atoms with van der Waals surface area (Å²) in [5, 5.41) is 4.46. The Labute approximate surface area is 176 Å². The van der Waals surface area contributed by atoms with Crippen molar-refractivity contribution >= 4 is 18.1 Å². The maximum Gasteiger partial charge on any atom is 0.410 e. The Bertz CT molecular complexity index is 820. The van der Waals surface area contributed by atoms with E-state index in [0.717, 1.165) is 11.3 Å². The van der Waals surface area contributed by atoms with Gasteiger partial charge in [-0.3, -0.25) is 9.48 Å². The number of rotatable bonds is 2. The number of nitrogens with zero attached hydrogens (tertiary/aromatic N) is 5. The molecule has 0 spiro atoms. The molecule has 2 aliphatic rings. The summed E-state index contributed by atoms with van der Waals surface area (Å²) in [7, 11) is 1.82. The Hall–Kier alpha value is -2.78. The van der Waals surface area contributed by atoms with Crippen molar-refractivity contribution in [2.45, 2.75) is 46.3 Å². The summed E-state index contributed by atoms with van der Waals surface area (Å²) in [6.07, 6.45) is -0.131. The molecule has 0 N–H and O–H groups in total. The average molecular weight is 421 g/mol. The molecule has 1 saturated heterocycles. The van der Waals surface area contributed by atoms with E-state index in [-0.39, 0.29) is 12.0 Å². The number of aryl methyl sites for hydroxylation is 1. The van der Waals surface area contributed by atoms with Gasteiger partial charge in [0.05, 0.1) is 13.2 Å². The van der Waals surface area contributed by atoms with Crippen molar-refractivity contribution in [3.63, 3.8) is 0 Å². The second-order valence-corrected chi connectivity index (χ2v) is 8.53. The maximum atomic E-state index is 13.2. The lowest BCUT2D eigenvalue weighted by Gasteiger charge is -2.34. The van der Waals surface area contributed by atoms with Gasteiger partial charge in [0.2, 0.25) is 0 Å². The molecule has 1 aromatic rings. The number of hydrogen-bond acceptors (Lipinski definition) is 6. The van der Waals surface area contributed by atoms with Crippen LogP contribution in [0.1, 0.15) is 49.4 Å². The molecule has 3 rings (SSSR count). The number of ether oxygens (including phenoxy) is 2. The van der Waals surface area contributed by atoms with E-state index >= 15 is 0 Å². The van der Waals surface area contributed by atoms with Crippen molar-refractivity contribution in [2.75, 3.05) is 39.3 Å². The average Bonchev–Trinajstić information content (AvgIpc) is 3.02. The van der Waals surface area contributed by atoms with Gasteiger partial charge in [0.15, 0.2) is 5.69 Å². The van der Waals surface area contributed by atoms with Crippen LogP contribution in [0.4, 0.5) is 9.59 Å². The molecule has 10 nitrogen and oxygen atoms in total. The summed E-state index contributed by atoms with van der Waals surface area (Å²) < 4.78 is 12.2. The summed E-state index contributed by atoms with van der Waals surface area (Å²) in [6, 6.07) is 0. The molecule has 1 aromatic heterocycles. The Morgan fingerprint density at radius 2 is 1.60 bits per heavy atom. The van der Waals surface area contributed by atoms with E-state index in [9.17, 15) is 14.4 Å². The zero-order valence-corrected chi connectivity index (χ0v) is 18.4. The minimum Gasteiger partial charge on any atom is -0.450 e. The van der Waals surface area contributed by atoms with Gasteiger partial charge in [-0.2, -0.15) is 5.10 Å². The topological polar surface area (TPSA) is 97.2 Å². The van der Waals surface area contributed by atoms with Crippen molar-refractivity contribution in [3.05, 3.63) is 17.0 Å². The Morgan fingerprint density at radius 1 is 0.967 bits per heavy atom. The third-order valence-corrected chi connectivity index (χ3v) is 5.19. The van der Waals surface area contributed by atoms with E-state index in [0.29, 0.717) is 58.0 Å². The highest BCUT2D eigenvalue weighted by Crippen LogP contribution is 2.25. The molecule has 0 bridgehead atoms. The predicted molar refractivity (Wildman–Crippen MR) is 108 cm³/mol. The second-order valence-electron chi connectivity index (χ2n) is 8.53. The first kappa shape index (κ1) is 21.9. The molecule has 30 heavy (non-hydrogen) atoms. The molecule has 166 valence electrons. The van der Waals surface area contributed by atoms with Crippen LogP contribution in [0.25, 0.3) is 0 Å². The Morgan fingerprint density at radius 3 is 2.20 bits per heavy atom. The largest absolute Gasteiger partial charge is 0.450 e. The summed E-state index contributed by atoms with van der Waals surface area (Å²) in [5.74, 6) is -0.179. The fourth-order valence-corrected chi connectivity index (χ4v) is 3.70. The molecular weight excluding hydrogens is 390 g/mol. The first-order valence-corrected chi connectivity index (χ1v) is 10.3. The molecule has 0 saturated carbocycles. The van der Waals surface area contributed by atoms with Crippen LogP contribution in [0.5, 0.6) is 0 Å². The molecule has 0 aliphatic carbocycles. The quantitative estimate of drug-likeness (QED) is 0.720. The highest BCUT2D eigenvalue weighted by Gasteiger charge is 2.34. The molecule has 2 aliphatic heterocycles. The molecule has 0 atom stereocenters. The minimum absolute atomic E-state index is 0.179. The van der Waals surface area contributed by atoms with Crippen molar-refractivity contribution < 1.29 is 23.9 Å². The first-order valence-electron chi connectivity index (χ1n) is 10.3. The smallest absolute Gasteiger partial charge is 0.410 e. The summed E-state index contributed by atoms with van der Waals surface area (Å²) in [4.78, 5) is 42.5. The molecule has 0 aromatic carbocycles. The van der Waals surface area contributed by atoms with Gasteiger partial charge >= 0.3 is 12.2 Å². The van der Waals surface area contributed by atoms with Crippen LogP contribution < -0.4 is 0 Å². The lowest BCUT2D eigenvalue weighted by atomic mass is 10.0. The van der Waals surface area contributed by atoms with Crippen molar-refractivity contribution in [3.8, 4) is 0 Å². The SMILES string of the molecule is CCOC(=O)N1CCN(C(=O)c2nn(C)c3c2CN(C(=O)OC(C)(C)C)CC3)CC1. The Balaban J connectivity index is 1.71. The lowest BCUT2D eigenvalue weighted by molar-refractivity contribution is 0.0221. The Kier molecular flexibility index (Phi) is 6.23.